The van der Waals surface area contributed by atoms with Gasteiger partial charge in [0, 0.05) is 16.6 Å². The number of nitro benzene ring substituents is 1. The molecule has 1 atom stereocenters. The van der Waals surface area contributed by atoms with Crippen LogP contribution in [0.4, 0.5) is 11.4 Å². The second-order valence-electron chi connectivity index (χ2n) is 4.25. The first kappa shape index (κ1) is 15.3. The smallest absolute Gasteiger partial charge is 0.297 e. The van der Waals surface area contributed by atoms with Crippen LogP contribution in [0.15, 0.2) is 17.0 Å². The van der Waals surface area contributed by atoms with E-state index in [0.29, 0.717) is 6.61 Å². The average Bonchev–Trinajstić information content (AvgIpc) is 2.36. The predicted octanol–water partition coefficient (Wildman–Crippen LogP) is 1.24. The lowest BCUT2D eigenvalue weighted by atomic mass is 10.1. The van der Waals surface area contributed by atoms with Gasteiger partial charge in [-0.05, 0) is 6.42 Å². The fourth-order valence-corrected chi connectivity index (χ4v) is 3.17. The van der Waals surface area contributed by atoms with Crippen LogP contribution in [-0.2, 0) is 10.0 Å². The van der Waals surface area contributed by atoms with Gasteiger partial charge in [-0.25, -0.2) is 13.6 Å². The molecule has 0 spiro atoms. The number of nitrogens with two attached hydrogens (primary N) is 1. The Bertz CT molecular complexity index is 649. The summed E-state index contributed by atoms with van der Waals surface area (Å²) in [5.74, 6) is 0.132. The van der Waals surface area contributed by atoms with Crippen molar-refractivity contribution < 1.29 is 18.1 Å². The quantitative estimate of drug-likeness (QED) is 0.331. The highest BCUT2D eigenvalue weighted by Crippen LogP contribution is 2.40. The van der Waals surface area contributed by atoms with E-state index in [1.54, 1.807) is 0 Å². The zero-order valence-corrected chi connectivity index (χ0v) is 13.2. The first-order valence-electron chi connectivity index (χ1n) is 5.63. The van der Waals surface area contributed by atoms with Gasteiger partial charge in [0.05, 0.1) is 15.9 Å². The SMILES string of the molecule is NS(=O)(=O)c1cc2c(c([N+](=O)[O-])c1)N[C@H](CCI)CO2. The van der Waals surface area contributed by atoms with Crippen molar-refractivity contribution >= 4 is 44.0 Å². The number of halogens is 1. The van der Waals surface area contributed by atoms with Crippen molar-refractivity contribution in [1.82, 2.24) is 0 Å². The molecule has 0 fully saturated rings. The van der Waals surface area contributed by atoms with Gasteiger partial charge < -0.3 is 10.1 Å². The topological polar surface area (TPSA) is 125 Å². The molecule has 0 bridgehead atoms. The Morgan fingerprint density at radius 1 is 1.55 bits per heavy atom. The van der Waals surface area contributed by atoms with Gasteiger partial charge >= 0.3 is 0 Å². The molecule has 10 heteroatoms. The first-order valence-corrected chi connectivity index (χ1v) is 8.70. The molecule has 0 saturated heterocycles. The molecule has 2 rings (SSSR count). The van der Waals surface area contributed by atoms with Crippen molar-refractivity contribution in [2.24, 2.45) is 5.14 Å². The number of ether oxygens (including phenoxy) is 1. The Balaban J connectivity index is 2.52. The molecule has 1 heterocycles. The second-order valence-corrected chi connectivity index (χ2v) is 6.89. The monoisotopic (exact) mass is 413 g/mol. The summed E-state index contributed by atoms with van der Waals surface area (Å²) < 4.78 is 29.0. The third-order valence-electron chi connectivity index (χ3n) is 2.83. The van der Waals surface area contributed by atoms with Crippen LogP contribution in [0.5, 0.6) is 5.75 Å². The molecule has 1 aromatic carbocycles. The van der Waals surface area contributed by atoms with E-state index in [0.717, 1.165) is 16.9 Å². The zero-order chi connectivity index (χ0) is 14.9. The van der Waals surface area contributed by atoms with E-state index in [1.165, 1.54) is 6.07 Å². The number of alkyl halides is 1. The minimum absolute atomic E-state index is 0.0431. The molecule has 0 aliphatic carbocycles. The Hall–Kier alpha value is -1.14. The molecular weight excluding hydrogens is 401 g/mol. The van der Waals surface area contributed by atoms with Crippen LogP contribution in [0.2, 0.25) is 0 Å². The van der Waals surface area contributed by atoms with Crippen LogP contribution in [0, 0.1) is 10.1 Å². The molecule has 20 heavy (non-hydrogen) atoms. The number of fused-ring (bicyclic) bond motifs is 1. The molecule has 0 saturated carbocycles. The number of hydrogen-bond donors (Lipinski definition) is 2. The summed E-state index contributed by atoms with van der Waals surface area (Å²) in [6.07, 6.45) is 0.786. The first-order chi connectivity index (χ1) is 9.32. The van der Waals surface area contributed by atoms with Gasteiger partial charge in [0.1, 0.15) is 6.61 Å². The van der Waals surface area contributed by atoms with Crippen molar-refractivity contribution in [2.45, 2.75) is 17.4 Å². The van der Waals surface area contributed by atoms with Gasteiger partial charge in [-0.15, -0.1) is 0 Å². The number of primary sulfonamides is 1. The van der Waals surface area contributed by atoms with E-state index in [-0.39, 0.29) is 28.1 Å². The van der Waals surface area contributed by atoms with Crippen LogP contribution in [0.3, 0.4) is 0 Å². The van der Waals surface area contributed by atoms with Gasteiger partial charge in [0.25, 0.3) is 5.69 Å². The molecule has 3 N–H and O–H groups in total. The van der Waals surface area contributed by atoms with Gasteiger partial charge in [0.15, 0.2) is 11.4 Å². The predicted molar refractivity (Wildman–Crippen MR) is 80.9 cm³/mol. The minimum atomic E-state index is -4.03. The molecule has 110 valence electrons. The van der Waals surface area contributed by atoms with Crippen molar-refractivity contribution in [3.05, 3.63) is 22.2 Å². The highest BCUT2D eigenvalue weighted by Gasteiger charge is 2.29. The number of rotatable bonds is 4. The van der Waals surface area contributed by atoms with Crippen LogP contribution in [-0.4, -0.2) is 30.4 Å². The van der Waals surface area contributed by atoms with E-state index in [1.807, 2.05) is 0 Å². The van der Waals surface area contributed by atoms with Gasteiger partial charge in [-0.2, -0.15) is 0 Å². The third kappa shape index (κ3) is 3.12. The number of nitro groups is 1. The standard InChI is InChI=1S/C10H12IN3O5S/c11-2-1-6-5-19-9-4-7(20(12,17)18)3-8(14(15)16)10(9)13-6/h3-4,6,13H,1-2,5H2,(H2,12,17,18)/t6-/m1/s1. The zero-order valence-electron chi connectivity index (χ0n) is 10.2. The lowest BCUT2D eigenvalue weighted by molar-refractivity contribution is -0.384. The second kappa shape index (κ2) is 5.69. The Morgan fingerprint density at radius 3 is 2.80 bits per heavy atom. The van der Waals surface area contributed by atoms with Gasteiger partial charge in [-0.3, -0.25) is 10.1 Å². The van der Waals surface area contributed by atoms with Crippen LogP contribution in [0.25, 0.3) is 0 Å². The van der Waals surface area contributed by atoms with E-state index >= 15 is 0 Å². The third-order valence-corrected chi connectivity index (χ3v) is 4.34. The lowest BCUT2D eigenvalue weighted by Crippen LogP contribution is -2.32. The fraction of sp³-hybridized carbons (Fsp3) is 0.400. The maximum absolute atomic E-state index is 11.3. The number of sulfonamides is 1. The molecule has 8 nitrogen and oxygen atoms in total. The maximum atomic E-state index is 11.3. The van der Waals surface area contributed by atoms with Gasteiger partial charge in [0.2, 0.25) is 10.0 Å². The summed E-state index contributed by atoms with van der Waals surface area (Å²) in [7, 11) is -4.03. The highest BCUT2D eigenvalue weighted by atomic mass is 127. The number of nitrogens with one attached hydrogen (secondary N) is 1. The van der Waals surface area contributed by atoms with Crippen molar-refractivity contribution in [1.29, 1.82) is 0 Å². The minimum Gasteiger partial charge on any atom is -0.489 e. The number of hydrogen-bond acceptors (Lipinski definition) is 6. The number of anilines is 1. The van der Waals surface area contributed by atoms with Crippen molar-refractivity contribution in [2.75, 3.05) is 16.4 Å². The number of benzene rings is 1. The van der Waals surface area contributed by atoms with Crippen LogP contribution < -0.4 is 15.2 Å². The Morgan fingerprint density at radius 2 is 2.25 bits per heavy atom. The fourth-order valence-electron chi connectivity index (χ4n) is 1.87. The molecule has 0 aromatic heterocycles. The van der Waals surface area contributed by atoms with E-state index in [4.69, 9.17) is 9.88 Å². The normalized spacial score (nSPS) is 17.8. The Labute approximate surface area is 129 Å². The van der Waals surface area contributed by atoms with Crippen LogP contribution in [0.1, 0.15) is 6.42 Å². The van der Waals surface area contributed by atoms with E-state index in [2.05, 4.69) is 27.9 Å². The largest absolute Gasteiger partial charge is 0.489 e. The van der Waals surface area contributed by atoms with Crippen LogP contribution >= 0.6 is 22.6 Å². The maximum Gasteiger partial charge on any atom is 0.297 e. The Kier molecular flexibility index (Phi) is 4.34. The molecule has 0 unspecified atom stereocenters. The van der Waals surface area contributed by atoms with Gasteiger partial charge in [-0.1, -0.05) is 22.6 Å². The molecule has 0 radical (unpaired) electrons. The molecule has 1 aliphatic heterocycles. The van der Waals surface area contributed by atoms with E-state index < -0.39 is 14.9 Å². The summed E-state index contributed by atoms with van der Waals surface area (Å²) in [5, 5.41) is 19.1. The van der Waals surface area contributed by atoms with Crippen molar-refractivity contribution in [3.8, 4) is 5.75 Å². The lowest BCUT2D eigenvalue weighted by Gasteiger charge is -2.27. The van der Waals surface area contributed by atoms with E-state index in [9.17, 15) is 18.5 Å². The highest BCUT2D eigenvalue weighted by molar-refractivity contribution is 14.1. The molecule has 1 aromatic rings. The summed E-state index contributed by atoms with van der Waals surface area (Å²) >= 11 is 2.20. The average molecular weight is 413 g/mol. The summed E-state index contributed by atoms with van der Waals surface area (Å²) in [6.45, 7) is 0.321. The molecule has 1 aliphatic rings. The summed E-state index contributed by atoms with van der Waals surface area (Å²) in [5.41, 5.74) is -0.159. The summed E-state index contributed by atoms with van der Waals surface area (Å²) in [4.78, 5) is 10.1. The molecular formula is C10H12IN3O5S. The van der Waals surface area contributed by atoms with Crippen molar-refractivity contribution in [3.63, 3.8) is 0 Å². The molecule has 0 amide bonds. The number of nitrogens with zero attached hydrogens (tertiary/aromatic N) is 1. The summed E-state index contributed by atoms with van der Waals surface area (Å²) in [6, 6.07) is 2.10.